The van der Waals surface area contributed by atoms with Crippen molar-refractivity contribution < 1.29 is 51.0 Å². The van der Waals surface area contributed by atoms with Crippen LogP contribution >= 0.6 is 0 Å². The first-order valence-electron chi connectivity index (χ1n) is 9.67. The SMILES string of the molecule is CC1=NC2=C3C(C)=C(C2=C1)[Si]3(C)C.Cc1cc2c(ccc3ccccc32)[cH-]1.[Cl-].[Cl-].[Zr+3]. The predicted molar refractivity (Wildman–Crippen MR) is 120 cm³/mol. The van der Waals surface area contributed by atoms with Crippen molar-refractivity contribution in [2.45, 2.75) is 33.9 Å². The number of halogens is 2. The molecule has 0 atom stereocenters. The van der Waals surface area contributed by atoms with E-state index in [9.17, 15) is 0 Å². The fourth-order valence-corrected chi connectivity index (χ4v) is 9.01. The molecule has 7 rings (SSSR count). The van der Waals surface area contributed by atoms with Crippen LogP contribution in [0.5, 0.6) is 0 Å². The Morgan fingerprint density at radius 2 is 1.57 bits per heavy atom. The summed E-state index contributed by atoms with van der Waals surface area (Å²) in [5.41, 5.74) is 6.84. The van der Waals surface area contributed by atoms with Gasteiger partial charge in [0.1, 0.15) is 8.07 Å². The van der Waals surface area contributed by atoms with Crippen LogP contribution in [-0.4, -0.2) is 13.8 Å². The average Bonchev–Trinajstić information content (AvgIpc) is 3.29. The number of benzene rings is 2. The molecule has 4 aliphatic rings. The zero-order valence-corrected chi connectivity index (χ0v) is 22.9. The van der Waals surface area contributed by atoms with E-state index in [1.807, 2.05) is 0 Å². The van der Waals surface area contributed by atoms with E-state index < -0.39 is 8.07 Å². The topological polar surface area (TPSA) is 12.4 Å². The average molecular weight is 529 g/mol. The minimum Gasteiger partial charge on any atom is -1.00 e. The second-order valence-corrected chi connectivity index (χ2v) is 12.7. The summed E-state index contributed by atoms with van der Waals surface area (Å²) in [5.74, 6) is 0. The molecule has 2 bridgehead atoms. The van der Waals surface area contributed by atoms with E-state index in [0.717, 1.165) is 0 Å². The van der Waals surface area contributed by atoms with Gasteiger partial charge < -0.3 is 24.8 Å². The summed E-state index contributed by atoms with van der Waals surface area (Å²) < 4.78 is 0. The summed E-state index contributed by atoms with van der Waals surface area (Å²) in [6.07, 6.45) is 2.25. The minimum absolute atomic E-state index is 0. The summed E-state index contributed by atoms with van der Waals surface area (Å²) in [6, 6.07) is 17.4. The second kappa shape index (κ2) is 8.79. The molecule has 1 nitrogen and oxygen atoms in total. The van der Waals surface area contributed by atoms with Gasteiger partial charge in [-0.15, -0.1) is 28.5 Å². The Balaban J connectivity index is 0.000000195. The molecule has 0 aromatic heterocycles. The zero-order chi connectivity index (χ0) is 18.9. The van der Waals surface area contributed by atoms with E-state index in [2.05, 4.69) is 93.5 Å². The van der Waals surface area contributed by atoms with Crippen molar-refractivity contribution in [1.29, 1.82) is 0 Å². The van der Waals surface area contributed by atoms with Gasteiger partial charge in [0.15, 0.2) is 0 Å². The van der Waals surface area contributed by atoms with Crippen LogP contribution in [0.25, 0.3) is 21.5 Å². The second-order valence-electron chi connectivity index (χ2n) is 8.48. The van der Waals surface area contributed by atoms with Gasteiger partial charge in [0.05, 0.1) is 5.70 Å². The first-order chi connectivity index (χ1) is 12.9. The van der Waals surface area contributed by atoms with Gasteiger partial charge in [-0.3, -0.25) is 4.99 Å². The Kier molecular flexibility index (Phi) is 7.36. The van der Waals surface area contributed by atoms with Gasteiger partial charge in [-0.2, -0.15) is 6.07 Å². The number of hydrogen-bond acceptors (Lipinski definition) is 1. The number of aryl methyl sites for hydroxylation is 1. The van der Waals surface area contributed by atoms with Gasteiger partial charge >= 0.3 is 26.2 Å². The first-order valence-corrected chi connectivity index (χ1v) is 12.7. The third kappa shape index (κ3) is 3.58. The number of rotatable bonds is 0. The van der Waals surface area contributed by atoms with Crippen molar-refractivity contribution in [1.82, 2.24) is 0 Å². The normalized spacial score (nSPS) is 17.1. The van der Waals surface area contributed by atoms with E-state index in [-0.39, 0.29) is 51.0 Å². The van der Waals surface area contributed by atoms with Gasteiger partial charge in [-0.05, 0) is 41.3 Å². The van der Waals surface area contributed by atoms with Gasteiger partial charge in [0, 0.05) is 11.3 Å². The molecule has 3 aromatic rings. The van der Waals surface area contributed by atoms with Gasteiger partial charge in [-0.25, -0.2) is 0 Å². The van der Waals surface area contributed by atoms with Gasteiger partial charge in [0.2, 0.25) is 0 Å². The number of aliphatic imine (C=N–C) groups is 1. The van der Waals surface area contributed by atoms with Gasteiger partial charge in [0.25, 0.3) is 0 Å². The molecular formula is C25H24Cl2NSiZr. The molecule has 5 heteroatoms. The Morgan fingerprint density at radius 3 is 2.23 bits per heavy atom. The molecule has 1 aliphatic carbocycles. The fourth-order valence-electron chi connectivity index (χ4n) is 5.18. The van der Waals surface area contributed by atoms with E-state index in [4.69, 9.17) is 0 Å². The Bertz CT molecular complexity index is 1270. The summed E-state index contributed by atoms with van der Waals surface area (Å²) in [4.78, 5) is 4.62. The molecule has 0 amide bonds. The molecule has 151 valence electrons. The summed E-state index contributed by atoms with van der Waals surface area (Å²) in [7, 11) is -1.15. The molecule has 0 unspecified atom stereocenters. The van der Waals surface area contributed by atoms with Crippen LogP contribution in [0.2, 0.25) is 13.1 Å². The molecule has 3 heterocycles. The van der Waals surface area contributed by atoms with Crippen molar-refractivity contribution in [3.63, 3.8) is 0 Å². The molecule has 0 N–H and O–H groups in total. The van der Waals surface area contributed by atoms with Crippen LogP contribution in [0.15, 0.2) is 86.8 Å². The quantitative estimate of drug-likeness (QED) is 0.303. The third-order valence-electron chi connectivity index (χ3n) is 6.16. The van der Waals surface area contributed by atoms with Crippen LogP contribution in [-0.2, 0) is 26.2 Å². The van der Waals surface area contributed by atoms with Crippen LogP contribution in [0.1, 0.15) is 19.4 Å². The summed E-state index contributed by atoms with van der Waals surface area (Å²) in [6.45, 7) is 11.3. The molecule has 0 saturated carbocycles. The van der Waals surface area contributed by atoms with Crippen molar-refractivity contribution in [2.75, 3.05) is 0 Å². The number of nitrogens with zero attached hydrogens (tertiary/aromatic N) is 1. The maximum absolute atomic E-state index is 4.62. The molecular weight excluding hydrogens is 504 g/mol. The number of hydrogen-bond donors (Lipinski definition) is 0. The van der Waals surface area contributed by atoms with Crippen LogP contribution < -0.4 is 24.8 Å². The number of fused-ring (bicyclic) bond motifs is 3. The van der Waals surface area contributed by atoms with Crippen molar-refractivity contribution in [3.05, 3.63) is 87.4 Å². The number of allylic oxidation sites excluding steroid dienone is 4. The molecule has 30 heavy (non-hydrogen) atoms. The Morgan fingerprint density at radius 1 is 0.867 bits per heavy atom. The largest absolute Gasteiger partial charge is 3.00 e. The fraction of sp³-hybridized carbons (Fsp3) is 0.200. The molecule has 3 aromatic carbocycles. The smallest absolute Gasteiger partial charge is 1.00 e. The Labute approximate surface area is 211 Å². The van der Waals surface area contributed by atoms with E-state index in [1.165, 1.54) is 49.7 Å². The van der Waals surface area contributed by atoms with Crippen LogP contribution in [0.3, 0.4) is 0 Å². The van der Waals surface area contributed by atoms with E-state index in [1.54, 1.807) is 10.4 Å². The van der Waals surface area contributed by atoms with Gasteiger partial charge in [-0.1, -0.05) is 55.7 Å². The maximum Gasteiger partial charge on any atom is 3.00 e. The summed E-state index contributed by atoms with van der Waals surface area (Å²) >= 11 is 0. The van der Waals surface area contributed by atoms with Crippen LogP contribution in [0, 0.1) is 6.92 Å². The van der Waals surface area contributed by atoms with Crippen LogP contribution in [0.4, 0.5) is 0 Å². The van der Waals surface area contributed by atoms with E-state index >= 15 is 0 Å². The monoisotopic (exact) mass is 526 g/mol. The van der Waals surface area contributed by atoms with E-state index in [0.29, 0.717) is 0 Å². The van der Waals surface area contributed by atoms with Crippen molar-refractivity contribution in [3.8, 4) is 0 Å². The minimum atomic E-state index is -1.15. The molecule has 3 aliphatic heterocycles. The van der Waals surface area contributed by atoms with Crippen molar-refractivity contribution >= 4 is 35.3 Å². The first kappa shape index (κ1) is 25.1. The molecule has 1 radical (unpaired) electrons. The maximum atomic E-state index is 4.62. The molecule has 0 fully saturated rings. The standard InChI is InChI=1S/C14H11.C11H13NSi.2ClH.Zr/c1-10-8-12-7-6-11-4-2-3-5-13(11)14(12)9-10;1-6-5-8-9(12-6)11-7(2)10(8)13(11,3)4;;;/h2-9H,1H3;5H,1-4H3;2*1H;/q-1;;;;+3/p-2. The summed E-state index contributed by atoms with van der Waals surface area (Å²) in [5, 5.41) is 8.69. The molecule has 0 spiro atoms. The third-order valence-corrected chi connectivity index (χ3v) is 9.92. The zero-order valence-electron chi connectivity index (χ0n) is 17.9. The predicted octanol–water partition coefficient (Wildman–Crippen LogP) is 0.798. The van der Waals surface area contributed by atoms with Crippen molar-refractivity contribution in [2.24, 2.45) is 4.99 Å². The molecule has 0 saturated heterocycles. The Hall–Kier alpha value is -1.12.